The average molecular weight is 280 g/mol. The maximum atomic E-state index is 12.9. The molecule has 0 saturated carbocycles. The van der Waals surface area contributed by atoms with Crippen LogP contribution in [0.3, 0.4) is 0 Å². The molecule has 0 bridgehead atoms. The van der Waals surface area contributed by atoms with Gasteiger partial charge in [-0.05, 0) is 47.4 Å². The molecule has 0 fully saturated rings. The lowest BCUT2D eigenvalue weighted by molar-refractivity contribution is 0.485. The van der Waals surface area contributed by atoms with E-state index in [1.54, 1.807) is 0 Å². The second kappa shape index (κ2) is 5.01. The van der Waals surface area contributed by atoms with Gasteiger partial charge in [-0.3, -0.25) is 0 Å². The molecule has 4 rings (SSSR count). The molecule has 3 heteroatoms. The fraction of sp³-hybridized carbons (Fsp3) is 0.222. The van der Waals surface area contributed by atoms with Crippen molar-refractivity contribution in [3.05, 3.63) is 59.3 Å². The molecule has 1 aliphatic rings. The summed E-state index contributed by atoms with van der Waals surface area (Å²) < 4.78 is 12.9. The molecule has 0 spiro atoms. The van der Waals surface area contributed by atoms with Gasteiger partial charge in [0.25, 0.3) is 0 Å². The number of aromatic amines is 1. The van der Waals surface area contributed by atoms with Crippen molar-refractivity contribution in [3.63, 3.8) is 0 Å². The smallest absolute Gasteiger partial charge is 0.115 e. The first-order valence-electron chi connectivity index (χ1n) is 7.35. The third kappa shape index (κ3) is 2.05. The van der Waals surface area contributed by atoms with Crippen molar-refractivity contribution >= 4 is 10.9 Å². The molecule has 0 radical (unpaired) electrons. The fourth-order valence-corrected chi connectivity index (χ4v) is 3.29. The van der Waals surface area contributed by atoms with Gasteiger partial charge in [0.15, 0.2) is 0 Å². The van der Waals surface area contributed by atoms with E-state index in [0.29, 0.717) is 0 Å². The van der Waals surface area contributed by atoms with Gasteiger partial charge in [0.05, 0.1) is 0 Å². The van der Waals surface area contributed by atoms with E-state index in [2.05, 4.69) is 34.6 Å². The third-order valence-corrected chi connectivity index (χ3v) is 4.26. The Balaban J connectivity index is 1.97. The molecule has 1 aliphatic heterocycles. The second-order valence-electron chi connectivity index (χ2n) is 5.57. The molecular formula is C18H17FN2. The van der Waals surface area contributed by atoms with Gasteiger partial charge in [-0.15, -0.1) is 0 Å². The summed E-state index contributed by atoms with van der Waals surface area (Å²) in [5.74, 6) is 0. The normalized spacial score (nSPS) is 14.3. The first-order chi connectivity index (χ1) is 10.4. The average Bonchev–Trinajstić information content (AvgIpc) is 2.93. The van der Waals surface area contributed by atoms with Crippen molar-refractivity contribution < 1.29 is 4.39 Å². The Morgan fingerprint density at radius 1 is 1.10 bits per heavy atom. The van der Waals surface area contributed by atoms with Gasteiger partial charge in [0.1, 0.15) is 6.67 Å². The van der Waals surface area contributed by atoms with E-state index < -0.39 is 6.67 Å². The van der Waals surface area contributed by atoms with Gasteiger partial charge in [-0.25, -0.2) is 4.39 Å². The minimum atomic E-state index is -0.418. The predicted molar refractivity (Wildman–Crippen MR) is 84.0 cm³/mol. The highest BCUT2D eigenvalue weighted by molar-refractivity contribution is 5.98. The van der Waals surface area contributed by atoms with Crippen LogP contribution in [0.5, 0.6) is 0 Å². The first kappa shape index (κ1) is 12.6. The Morgan fingerprint density at radius 3 is 2.90 bits per heavy atom. The van der Waals surface area contributed by atoms with E-state index in [0.717, 1.165) is 30.6 Å². The Hall–Kier alpha value is -2.13. The standard InChI is InChI=1S/C18H17FN2/c19-10-12-3-1-4-13(9-12)14-5-2-6-16-18(14)15-7-8-20-11-17(15)21-16/h1-6,9,20-21H,7-8,10-11H2. The van der Waals surface area contributed by atoms with E-state index in [4.69, 9.17) is 0 Å². The molecule has 3 aromatic rings. The number of fused-ring (bicyclic) bond motifs is 3. The highest BCUT2D eigenvalue weighted by atomic mass is 19.1. The van der Waals surface area contributed by atoms with E-state index in [1.807, 2.05) is 18.2 Å². The summed E-state index contributed by atoms with van der Waals surface area (Å²) >= 11 is 0. The van der Waals surface area contributed by atoms with Gasteiger partial charge in [-0.2, -0.15) is 0 Å². The predicted octanol–water partition coefficient (Wildman–Crippen LogP) is 3.95. The molecule has 2 nitrogen and oxygen atoms in total. The van der Waals surface area contributed by atoms with Gasteiger partial charge in [0, 0.05) is 23.1 Å². The summed E-state index contributed by atoms with van der Waals surface area (Å²) in [6, 6.07) is 14.1. The number of benzene rings is 2. The van der Waals surface area contributed by atoms with Gasteiger partial charge in [0.2, 0.25) is 0 Å². The molecule has 2 heterocycles. The number of H-pyrrole nitrogens is 1. The van der Waals surface area contributed by atoms with Crippen LogP contribution in [0.2, 0.25) is 0 Å². The van der Waals surface area contributed by atoms with Crippen LogP contribution in [0.4, 0.5) is 4.39 Å². The van der Waals surface area contributed by atoms with Crippen LogP contribution >= 0.6 is 0 Å². The van der Waals surface area contributed by atoms with Crippen LogP contribution in [0.1, 0.15) is 16.8 Å². The summed E-state index contributed by atoms with van der Waals surface area (Å²) in [4.78, 5) is 3.52. The zero-order chi connectivity index (χ0) is 14.2. The minimum absolute atomic E-state index is 0.418. The number of hydrogen-bond donors (Lipinski definition) is 2. The molecule has 0 amide bonds. The zero-order valence-corrected chi connectivity index (χ0v) is 11.7. The van der Waals surface area contributed by atoms with Gasteiger partial charge >= 0.3 is 0 Å². The second-order valence-corrected chi connectivity index (χ2v) is 5.57. The van der Waals surface area contributed by atoms with E-state index >= 15 is 0 Å². The van der Waals surface area contributed by atoms with Crippen LogP contribution in [0, 0.1) is 0 Å². The lowest BCUT2D eigenvalue weighted by atomic mass is 9.95. The molecule has 2 N–H and O–H groups in total. The molecule has 0 aliphatic carbocycles. The Labute approximate surface area is 123 Å². The van der Waals surface area contributed by atoms with Crippen LogP contribution in [0.15, 0.2) is 42.5 Å². The SMILES string of the molecule is FCc1cccc(-c2cccc3[nH]c4c(c23)CCNC4)c1. The number of aromatic nitrogens is 1. The summed E-state index contributed by atoms with van der Waals surface area (Å²) in [5, 5.41) is 4.69. The van der Waals surface area contributed by atoms with Crippen LogP contribution < -0.4 is 5.32 Å². The van der Waals surface area contributed by atoms with Crippen LogP contribution in [-0.4, -0.2) is 11.5 Å². The highest BCUT2D eigenvalue weighted by Gasteiger charge is 2.17. The summed E-state index contributed by atoms with van der Waals surface area (Å²) in [6.07, 6.45) is 1.04. The van der Waals surface area contributed by atoms with Crippen molar-refractivity contribution in [1.29, 1.82) is 0 Å². The summed E-state index contributed by atoms with van der Waals surface area (Å²) in [6.45, 7) is 1.49. The van der Waals surface area contributed by atoms with Crippen molar-refractivity contribution in [3.8, 4) is 11.1 Å². The zero-order valence-electron chi connectivity index (χ0n) is 11.7. The fourth-order valence-electron chi connectivity index (χ4n) is 3.29. The minimum Gasteiger partial charge on any atom is -0.357 e. The van der Waals surface area contributed by atoms with Crippen molar-refractivity contribution in [1.82, 2.24) is 10.3 Å². The molecule has 1 aromatic heterocycles. The quantitative estimate of drug-likeness (QED) is 0.731. The van der Waals surface area contributed by atoms with Gasteiger partial charge < -0.3 is 10.3 Å². The van der Waals surface area contributed by atoms with Crippen LogP contribution in [0.25, 0.3) is 22.0 Å². The van der Waals surface area contributed by atoms with Crippen molar-refractivity contribution in [2.45, 2.75) is 19.6 Å². The lowest BCUT2D eigenvalue weighted by Crippen LogP contribution is -2.23. The number of alkyl halides is 1. The molecule has 21 heavy (non-hydrogen) atoms. The molecule has 106 valence electrons. The lowest BCUT2D eigenvalue weighted by Gasteiger charge is -2.14. The Morgan fingerprint density at radius 2 is 2.00 bits per heavy atom. The van der Waals surface area contributed by atoms with Gasteiger partial charge in [-0.1, -0.05) is 30.3 Å². The van der Waals surface area contributed by atoms with Crippen LogP contribution in [-0.2, 0) is 19.6 Å². The van der Waals surface area contributed by atoms with E-state index in [-0.39, 0.29) is 0 Å². The van der Waals surface area contributed by atoms with Crippen molar-refractivity contribution in [2.24, 2.45) is 0 Å². The van der Waals surface area contributed by atoms with E-state index in [1.165, 1.54) is 27.7 Å². The molecule has 2 aromatic carbocycles. The third-order valence-electron chi connectivity index (χ3n) is 4.26. The first-order valence-corrected chi connectivity index (χ1v) is 7.35. The summed E-state index contributed by atoms with van der Waals surface area (Å²) in [5.41, 5.74) is 6.89. The monoisotopic (exact) mass is 280 g/mol. The number of hydrogen-bond acceptors (Lipinski definition) is 1. The molecule has 0 atom stereocenters. The largest absolute Gasteiger partial charge is 0.357 e. The topological polar surface area (TPSA) is 27.8 Å². The molecule has 0 unspecified atom stereocenters. The van der Waals surface area contributed by atoms with Crippen molar-refractivity contribution in [2.75, 3.05) is 6.54 Å². The number of nitrogens with one attached hydrogen (secondary N) is 2. The Bertz CT molecular complexity index is 804. The highest BCUT2D eigenvalue weighted by Crippen LogP contribution is 2.34. The van der Waals surface area contributed by atoms with E-state index in [9.17, 15) is 4.39 Å². The Kier molecular flexibility index (Phi) is 3.00. The molecular weight excluding hydrogens is 263 g/mol. The number of rotatable bonds is 2. The maximum Gasteiger partial charge on any atom is 0.115 e. The summed E-state index contributed by atoms with van der Waals surface area (Å²) in [7, 11) is 0. The molecule has 0 saturated heterocycles. The maximum absolute atomic E-state index is 12.9. The number of halogens is 1.